The number of nitrogens with one attached hydrogen (secondary N) is 1. The van der Waals surface area contributed by atoms with E-state index >= 15 is 0 Å². The van der Waals surface area contributed by atoms with E-state index in [2.05, 4.69) is 20.3 Å². The van der Waals surface area contributed by atoms with Crippen LogP contribution in [0, 0.1) is 18.6 Å². The molecule has 0 unspecified atom stereocenters. The molecule has 144 valence electrons. The third-order valence-corrected chi connectivity index (χ3v) is 5.23. The maximum Gasteiger partial charge on any atom is 0.285 e. The van der Waals surface area contributed by atoms with Crippen LogP contribution < -0.4 is 5.56 Å². The molecule has 0 saturated carbocycles. The average molecular weight is 403 g/mol. The Morgan fingerprint density at radius 2 is 1.90 bits per heavy atom. The number of pyridine rings is 1. The monoisotopic (exact) mass is 403 g/mol. The summed E-state index contributed by atoms with van der Waals surface area (Å²) >= 11 is 5.41. The Labute approximate surface area is 170 Å². The first-order chi connectivity index (χ1) is 14.0. The van der Waals surface area contributed by atoms with E-state index in [1.54, 1.807) is 10.8 Å². The Morgan fingerprint density at radius 1 is 1.14 bits per heavy atom. The number of hydrogen-bond acceptors (Lipinski definition) is 5. The molecule has 0 saturated heterocycles. The van der Waals surface area contributed by atoms with Crippen LogP contribution in [-0.4, -0.2) is 33.9 Å². The van der Waals surface area contributed by atoms with E-state index in [-0.39, 0.29) is 5.56 Å². The lowest BCUT2D eigenvalue weighted by Crippen LogP contribution is -2.21. The van der Waals surface area contributed by atoms with Gasteiger partial charge in [0.25, 0.3) is 5.56 Å². The van der Waals surface area contributed by atoms with Gasteiger partial charge in [-0.25, -0.2) is 4.98 Å². The molecule has 5 rings (SSSR count). The van der Waals surface area contributed by atoms with Gasteiger partial charge in [0.15, 0.2) is 16.2 Å². The van der Waals surface area contributed by atoms with E-state index in [1.807, 2.05) is 61.9 Å². The van der Waals surface area contributed by atoms with Gasteiger partial charge < -0.3 is 4.57 Å². The summed E-state index contributed by atoms with van der Waals surface area (Å²) < 4.78 is 5.43. The molecule has 0 aliphatic carbocycles. The highest BCUT2D eigenvalue weighted by Crippen LogP contribution is 2.24. The highest BCUT2D eigenvalue weighted by atomic mass is 32.1. The van der Waals surface area contributed by atoms with Gasteiger partial charge in [-0.1, -0.05) is 18.2 Å². The molecular weight excluding hydrogens is 386 g/mol. The standard InChI is InChI=1S/C20H17N7OS/c1-11-9-12(2)21-16-15(11)18-25(3)10-14(19(28)27(18)24-16)17-22-23-20(29)26(17)13-7-5-4-6-8-13/h4-10H,1-3H3,(H,23,29). The molecule has 0 spiro atoms. The minimum Gasteiger partial charge on any atom is -0.334 e. The van der Waals surface area contributed by atoms with Gasteiger partial charge in [0.1, 0.15) is 11.2 Å². The zero-order valence-corrected chi connectivity index (χ0v) is 16.9. The number of aromatic nitrogens is 7. The molecular formula is C20H17N7OS. The van der Waals surface area contributed by atoms with Crippen LogP contribution in [0.3, 0.4) is 0 Å². The van der Waals surface area contributed by atoms with Crippen LogP contribution in [-0.2, 0) is 7.05 Å². The van der Waals surface area contributed by atoms with Gasteiger partial charge in [0, 0.05) is 24.6 Å². The van der Waals surface area contributed by atoms with Crippen molar-refractivity contribution in [2.75, 3.05) is 0 Å². The first-order valence-electron chi connectivity index (χ1n) is 9.05. The lowest BCUT2D eigenvalue weighted by Gasteiger charge is -2.09. The Morgan fingerprint density at radius 3 is 2.66 bits per heavy atom. The number of fused-ring (bicyclic) bond motifs is 3. The Kier molecular flexibility index (Phi) is 3.75. The quantitative estimate of drug-likeness (QED) is 0.458. The van der Waals surface area contributed by atoms with Crippen molar-refractivity contribution >= 4 is 28.9 Å². The third-order valence-electron chi connectivity index (χ3n) is 4.95. The van der Waals surface area contributed by atoms with Crippen molar-refractivity contribution in [1.82, 2.24) is 33.9 Å². The fraction of sp³-hybridized carbons (Fsp3) is 0.150. The second-order valence-electron chi connectivity index (χ2n) is 7.00. The van der Waals surface area contributed by atoms with Crippen molar-refractivity contribution in [2.45, 2.75) is 13.8 Å². The molecule has 4 heterocycles. The lowest BCUT2D eigenvalue weighted by atomic mass is 10.2. The summed E-state index contributed by atoms with van der Waals surface area (Å²) in [5.41, 5.74) is 4.06. The summed E-state index contributed by atoms with van der Waals surface area (Å²) in [7, 11) is 1.88. The number of nitrogens with zero attached hydrogens (tertiary/aromatic N) is 6. The van der Waals surface area contributed by atoms with Crippen LogP contribution in [0.5, 0.6) is 0 Å². The molecule has 0 fully saturated rings. The summed E-state index contributed by atoms with van der Waals surface area (Å²) in [6, 6.07) is 11.6. The SMILES string of the molecule is Cc1cc(C)c2c(n1)nn1c(=O)c(-c3n[nH]c(=S)n3-c3ccccc3)cn(C)c21. The van der Waals surface area contributed by atoms with Crippen molar-refractivity contribution in [3.63, 3.8) is 0 Å². The zero-order chi connectivity index (χ0) is 20.3. The minimum absolute atomic E-state index is 0.278. The van der Waals surface area contributed by atoms with E-state index in [0.717, 1.165) is 22.3 Å². The summed E-state index contributed by atoms with van der Waals surface area (Å²) in [5.74, 6) is 0.434. The van der Waals surface area contributed by atoms with Gasteiger partial charge >= 0.3 is 0 Å². The van der Waals surface area contributed by atoms with Gasteiger partial charge in [0.05, 0.1) is 5.39 Å². The first-order valence-corrected chi connectivity index (χ1v) is 9.46. The van der Waals surface area contributed by atoms with E-state index in [0.29, 0.717) is 27.5 Å². The minimum atomic E-state index is -0.278. The molecule has 0 amide bonds. The molecule has 29 heavy (non-hydrogen) atoms. The molecule has 5 aromatic rings. The fourth-order valence-electron chi connectivity index (χ4n) is 3.75. The zero-order valence-electron chi connectivity index (χ0n) is 16.0. The number of rotatable bonds is 2. The summed E-state index contributed by atoms with van der Waals surface area (Å²) in [6.07, 6.45) is 1.77. The molecule has 0 radical (unpaired) electrons. The number of hydrogen-bond donors (Lipinski definition) is 1. The highest BCUT2D eigenvalue weighted by molar-refractivity contribution is 7.71. The van der Waals surface area contributed by atoms with Crippen molar-refractivity contribution in [2.24, 2.45) is 7.05 Å². The predicted octanol–water partition coefficient (Wildman–Crippen LogP) is 3.11. The third kappa shape index (κ3) is 2.54. The van der Waals surface area contributed by atoms with Gasteiger partial charge in [-0.05, 0) is 49.8 Å². The lowest BCUT2D eigenvalue weighted by molar-refractivity contribution is 0.827. The molecule has 1 aromatic carbocycles. The normalized spacial score (nSPS) is 11.6. The second-order valence-corrected chi connectivity index (χ2v) is 7.38. The number of aryl methyl sites for hydroxylation is 3. The number of aromatic amines is 1. The van der Waals surface area contributed by atoms with Crippen LogP contribution in [0.2, 0.25) is 0 Å². The van der Waals surface area contributed by atoms with Crippen LogP contribution >= 0.6 is 12.2 Å². The van der Waals surface area contributed by atoms with Crippen molar-refractivity contribution in [1.29, 1.82) is 0 Å². The topological polar surface area (TPSA) is 85.8 Å². The van der Waals surface area contributed by atoms with E-state index in [1.165, 1.54) is 4.52 Å². The molecule has 4 aromatic heterocycles. The molecule has 0 bridgehead atoms. The van der Waals surface area contributed by atoms with Gasteiger partial charge in [-0.2, -0.15) is 9.61 Å². The van der Waals surface area contributed by atoms with Crippen molar-refractivity contribution < 1.29 is 0 Å². The molecule has 0 aliphatic rings. The molecule has 1 N–H and O–H groups in total. The van der Waals surface area contributed by atoms with Gasteiger partial charge in [-0.3, -0.25) is 14.5 Å². The Hall–Kier alpha value is -3.59. The van der Waals surface area contributed by atoms with Crippen LogP contribution in [0.1, 0.15) is 11.3 Å². The largest absolute Gasteiger partial charge is 0.334 e. The van der Waals surface area contributed by atoms with Crippen LogP contribution in [0.15, 0.2) is 47.4 Å². The van der Waals surface area contributed by atoms with Crippen molar-refractivity contribution in [3.05, 3.63) is 69.0 Å². The number of benzene rings is 1. The van der Waals surface area contributed by atoms with E-state index in [4.69, 9.17) is 12.2 Å². The second kappa shape index (κ2) is 6.21. The van der Waals surface area contributed by atoms with E-state index < -0.39 is 0 Å². The first kappa shape index (κ1) is 17.5. The Balaban J connectivity index is 1.87. The maximum absolute atomic E-state index is 13.4. The number of para-hydroxylation sites is 1. The molecule has 9 heteroatoms. The van der Waals surface area contributed by atoms with Gasteiger partial charge in [0.2, 0.25) is 0 Å². The van der Waals surface area contributed by atoms with Crippen LogP contribution in [0.4, 0.5) is 0 Å². The number of H-pyrrole nitrogens is 1. The summed E-state index contributed by atoms with van der Waals surface area (Å²) in [6.45, 7) is 3.91. The van der Waals surface area contributed by atoms with Gasteiger partial charge in [-0.15, -0.1) is 5.10 Å². The highest BCUT2D eigenvalue weighted by Gasteiger charge is 2.20. The molecule has 0 aliphatic heterocycles. The fourth-order valence-corrected chi connectivity index (χ4v) is 3.99. The van der Waals surface area contributed by atoms with E-state index in [9.17, 15) is 4.79 Å². The average Bonchev–Trinajstić information content (AvgIpc) is 3.26. The molecule has 0 atom stereocenters. The van der Waals surface area contributed by atoms with Crippen LogP contribution in [0.25, 0.3) is 33.8 Å². The van der Waals surface area contributed by atoms with Crippen molar-refractivity contribution in [3.8, 4) is 17.1 Å². The predicted molar refractivity (Wildman–Crippen MR) is 113 cm³/mol. The Bertz CT molecular complexity index is 1520. The summed E-state index contributed by atoms with van der Waals surface area (Å²) in [4.78, 5) is 17.9. The smallest absolute Gasteiger partial charge is 0.285 e. The summed E-state index contributed by atoms with van der Waals surface area (Å²) in [5, 5.41) is 12.5. The molecule has 8 nitrogen and oxygen atoms in total. The maximum atomic E-state index is 13.4.